The third kappa shape index (κ3) is 6.80. The quantitative estimate of drug-likeness (QED) is 0.147. The average Bonchev–Trinajstić information content (AvgIpc) is 2.85. The van der Waals surface area contributed by atoms with E-state index in [0.29, 0.717) is 24.8 Å². The summed E-state index contributed by atoms with van der Waals surface area (Å²) in [6, 6.07) is 9.32. The number of thiol groups is 2. The molecule has 0 amide bonds. The largest absolute Gasteiger partial charge is 0.480 e. The van der Waals surface area contributed by atoms with Crippen LogP contribution in [0.1, 0.15) is 111 Å². The summed E-state index contributed by atoms with van der Waals surface area (Å²) in [4.78, 5) is 26.4. The van der Waals surface area contributed by atoms with Crippen molar-refractivity contribution in [3.05, 3.63) is 35.9 Å². The lowest BCUT2D eigenvalue weighted by Gasteiger charge is -2.55. The van der Waals surface area contributed by atoms with Gasteiger partial charge in [0.2, 0.25) is 0 Å². The molecule has 4 nitrogen and oxygen atoms in total. The molecular formula is C29H48O4S2. The molecule has 0 saturated heterocycles. The molecule has 1 aromatic carbocycles. The van der Waals surface area contributed by atoms with Crippen LogP contribution in [0.3, 0.4) is 0 Å². The van der Waals surface area contributed by atoms with E-state index in [9.17, 15) is 19.8 Å². The number of carbonyl (C=O) groups is 2. The number of unbranched alkanes of at least 4 members (excludes halogenated alkanes) is 2. The fourth-order valence-corrected chi connectivity index (χ4v) is 7.50. The van der Waals surface area contributed by atoms with Crippen LogP contribution in [0, 0.1) is 11.8 Å². The molecule has 4 atom stereocenters. The Morgan fingerprint density at radius 1 is 0.771 bits per heavy atom. The molecule has 0 aliphatic carbocycles. The Morgan fingerprint density at radius 2 is 1.17 bits per heavy atom. The summed E-state index contributed by atoms with van der Waals surface area (Å²) in [7, 11) is 0. The zero-order valence-electron chi connectivity index (χ0n) is 22.4. The second-order valence-electron chi connectivity index (χ2n) is 10.2. The second-order valence-corrected chi connectivity index (χ2v) is 11.7. The molecule has 1 rings (SSSR count). The Morgan fingerprint density at radius 3 is 1.46 bits per heavy atom. The lowest BCUT2D eigenvalue weighted by Crippen LogP contribution is -2.67. The van der Waals surface area contributed by atoms with Crippen LogP contribution in [0.5, 0.6) is 0 Å². The third-order valence-electron chi connectivity index (χ3n) is 8.17. The number of rotatable bonds is 18. The van der Waals surface area contributed by atoms with Crippen molar-refractivity contribution in [2.24, 2.45) is 11.8 Å². The summed E-state index contributed by atoms with van der Waals surface area (Å²) >= 11 is 10.00. The Labute approximate surface area is 224 Å². The van der Waals surface area contributed by atoms with Crippen molar-refractivity contribution in [3.8, 4) is 0 Å². The predicted molar refractivity (Wildman–Crippen MR) is 153 cm³/mol. The van der Waals surface area contributed by atoms with E-state index in [1.807, 2.05) is 37.3 Å². The molecule has 1 aromatic rings. The van der Waals surface area contributed by atoms with E-state index in [4.69, 9.17) is 25.3 Å². The van der Waals surface area contributed by atoms with Crippen LogP contribution in [-0.4, -0.2) is 31.6 Å². The topological polar surface area (TPSA) is 74.6 Å². The van der Waals surface area contributed by atoms with E-state index in [1.165, 1.54) is 0 Å². The van der Waals surface area contributed by atoms with Gasteiger partial charge in [-0.15, -0.1) is 0 Å². The number of carboxylic acids is 2. The molecule has 0 aromatic heterocycles. The van der Waals surface area contributed by atoms with Gasteiger partial charge in [0.25, 0.3) is 0 Å². The Kier molecular flexibility index (Phi) is 13.3. The molecule has 2 N–H and O–H groups in total. The van der Waals surface area contributed by atoms with Crippen molar-refractivity contribution in [1.29, 1.82) is 0 Å². The number of hydrogen-bond acceptors (Lipinski definition) is 4. The SMILES string of the molecule is CCCCC(CC)CC(S)(C(=O)O)C(CC)(c1ccccc1)C(S)(CC(CC)CCCC)C(=O)O. The van der Waals surface area contributed by atoms with Gasteiger partial charge in [-0.05, 0) is 36.7 Å². The van der Waals surface area contributed by atoms with Gasteiger partial charge in [0.1, 0.15) is 9.49 Å². The lowest BCUT2D eigenvalue weighted by molar-refractivity contribution is -0.148. The lowest BCUT2D eigenvalue weighted by atomic mass is 9.55. The first kappa shape index (κ1) is 31.9. The molecule has 6 heteroatoms. The zero-order chi connectivity index (χ0) is 26.7. The summed E-state index contributed by atoms with van der Waals surface area (Å²) < 4.78 is -3.22. The van der Waals surface area contributed by atoms with Crippen LogP contribution in [-0.2, 0) is 15.0 Å². The molecule has 0 spiro atoms. The molecule has 0 heterocycles. The minimum Gasteiger partial charge on any atom is -0.480 e. The fraction of sp³-hybridized carbons (Fsp3) is 0.724. The van der Waals surface area contributed by atoms with Gasteiger partial charge in [-0.2, -0.15) is 25.3 Å². The van der Waals surface area contributed by atoms with Gasteiger partial charge in [-0.3, -0.25) is 9.59 Å². The molecule has 4 unspecified atom stereocenters. The highest BCUT2D eigenvalue weighted by Gasteiger charge is 2.67. The van der Waals surface area contributed by atoms with Gasteiger partial charge >= 0.3 is 11.9 Å². The smallest absolute Gasteiger partial charge is 0.320 e. The minimum atomic E-state index is -1.61. The van der Waals surface area contributed by atoms with E-state index >= 15 is 0 Å². The molecule has 0 bridgehead atoms. The van der Waals surface area contributed by atoms with Crippen molar-refractivity contribution in [3.63, 3.8) is 0 Å². The van der Waals surface area contributed by atoms with E-state index in [0.717, 1.165) is 51.4 Å². The molecule has 35 heavy (non-hydrogen) atoms. The molecular weight excluding hydrogens is 476 g/mol. The summed E-state index contributed by atoms with van der Waals surface area (Å²) in [6.45, 7) is 10.3. The summed E-state index contributed by atoms with van der Waals surface area (Å²) in [6.07, 6.45) is 8.42. The number of carboxylic acid groups (broad SMARTS) is 2. The van der Waals surface area contributed by atoms with Crippen LogP contribution in [0.15, 0.2) is 30.3 Å². The van der Waals surface area contributed by atoms with Crippen molar-refractivity contribution in [2.75, 3.05) is 0 Å². The number of aliphatic carboxylic acids is 2. The zero-order valence-corrected chi connectivity index (χ0v) is 24.2. The fourth-order valence-electron chi connectivity index (χ4n) is 5.94. The average molecular weight is 525 g/mol. The maximum atomic E-state index is 13.2. The second kappa shape index (κ2) is 14.6. The van der Waals surface area contributed by atoms with Crippen LogP contribution in [0.4, 0.5) is 0 Å². The van der Waals surface area contributed by atoms with Gasteiger partial charge < -0.3 is 10.2 Å². The van der Waals surface area contributed by atoms with Gasteiger partial charge in [-0.1, -0.05) is 116 Å². The van der Waals surface area contributed by atoms with Crippen molar-refractivity contribution < 1.29 is 19.8 Å². The highest BCUT2D eigenvalue weighted by Crippen LogP contribution is 2.58. The van der Waals surface area contributed by atoms with E-state index < -0.39 is 26.8 Å². The van der Waals surface area contributed by atoms with Crippen molar-refractivity contribution >= 4 is 37.2 Å². The maximum Gasteiger partial charge on any atom is 0.320 e. The summed E-state index contributed by atoms with van der Waals surface area (Å²) in [5, 5.41) is 21.6. The van der Waals surface area contributed by atoms with Crippen molar-refractivity contribution in [2.45, 2.75) is 120 Å². The minimum absolute atomic E-state index is 0.131. The van der Waals surface area contributed by atoms with Crippen LogP contribution in [0.25, 0.3) is 0 Å². The Hall–Kier alpha value is -1.14. The van der Waals surface area contributed by atoms with E-state index in [1.54, 1.807) is 0 Å². The van der Waals surface area contributed by atoms with Gasteiger partial charge in [0.15, 0.2) is 0 Å². The number of hydrogen-bond donors (Lipinski definition) is 4. The van der Waals surface area contributed by atoms with Gasteiger partial charge in [-0.25, -0.2) is 0 Å². The first-order valence-electron chi connectivity index (χ1n) is 13.5. The predicted octanol–water partition coefficient (Wildman–Crippen LogP) is 8.05. The Balaban J connectivity index is 3.92. The van der Waals surface area contributed by atoms with Gasteiger partial charge in [0, 0.05) is 5.41 Å². The number of benzene rings is 1. The van der Waals surface area contributed by atoms with E-state index in [2.05, 4.69) is 27.7 Å². The van der Waals surface area contributed by atoms with Crippen LogP contribution in [0.2, 0.25) is 0 Å². The summed E-state index contributed by atoms with van der Waals surface area (Å²) in [5.74, 6) is -1.87. The molecule has 0 aliphatic rings. The molecule has 0 radical (unpaired) electrons. The standard InChI is InChI=1S/C29H48O4S2/c1-6-11-16-22(8-3)20-28(34,25(30)31)27(10-5,24-18-14-13-15-19-24)29(35,26(32)33)21-23(9-4)17-12-7-2/h13-15,18-19,22-23,34-35H,6-12,16-17,20-21H2,1-5H3,(H,30,31)(H,32,33). The Bertz CT molecular complexity index is 742. The first-order chi connectivity index (χ1) is 16.5. The summed E-state index contributed by atoms with van der Waals surface area (Å²) in [5.41, 5.74) is -0.641. The van der Waals surface area contributed by atoms with Crippen LogP contribution >= 0.6 is 25.3 Å². The molecule has 200 valence electrons. The monoisotopic (exact) mass is 524 g/mol. The molecule has 0 fully saturated rings. The van der Waals surface area contributed by atoms with E-state index in [-0.39, 0.29) is 11.8 Å². The molecule has 0 saturated carbocycles. The van der Waals surface area contributed by atoms with Crippen LogP contribution < -0.4 is 0 Å². The van der Waals surface area contributed by atoms with Gasteiger partial charge in [0.05, 0.1) is 0 Å². The maximum absolute atomic E-state index is 13.2. The highest BCUT2D eigenvalue weighted by molar-refractivity contribution is 7.84. The normalized spacial score (nSPS) is 18.6. The first-order valence-corrected chi connectivity index (χ1v) is 14.4. The molecule has 0 aliphatic heterocycles. The third-order valence-corrected chi connectivity index (χ3v) is 9.68. The van der Waals surface area contributed by atoms with Crippen molar-refractivity contribution in [1.82, 2.24) is 0 Å². The highest BCUT2D eigenvalue weighted by atomic mass is 32.1.